The van der Waals surface area contributed by atoms with Crippen molar-refractivity contribution in [3.05, 3.63) is 11.8 Å². The predicted octanol–water partition coefficient (Wildman–Crippen LogP) is 1.72. The minimum atomic E-state index is -0.545. The molecular formula is C11H15N3O3S. The van der Waals surface area contributed by atoms with Gasteiger partial charge >= 0.3 is 5.97 Å². The summed E-state index contributed by atoms with van der Waals surface area (Å²) in [5.41, 5.74) is 0.163. The number of hydrogen-bond acceptors (Lipinski definition) is 6. The first kappa shape index (κ1) is 14.4. The van der Waals surface area contributed by atoms with Crippen molar-refractivity contribution >= 4 is 29.5 Å². The normalized spacial score (nSPS) is 9.94. The van der Waals surface area contributed by atoms with Crippen LogP contribution in [0, 0.1) is 0 Å². The minimum Gasteiger partial charge on any atom is -0.462 e. The van der Waals surface area contributed by atoms with E-state index in [1.807, 2.05) is 6.26 Å². The summed E-state index contributed by atoms with van der Waals surface area (Å²) in [5.74, 6) is -0.567. The number of nitrogens with one attached hydrogen (secondary N) is 1. The molecule has 0 bridgehead atoms. The third-order valence-corrected chi connectivity index (χ3v) is 2.59. The molecule has 1 aromatic heterocycles. The number of aromatic nitrogens is 2. The van der Waals surface area contributed by atoms with E-state index in [0.29, 0.717) is 11.6 Å². The van der Waals surface area contributed by atoms with Crippen LogP contribution in [0.2, 0.25) is 0 Å². The highest BCUT2D eigenvalue weighted by Gasteiger charge is 2.17. The van der Waals surface area contributed by atoms with Gasteiger partial charge in [0.2, 0.25) is 5.91 Å². The van der Waals surface area contributed by atoms with Gasteiger partial charge in [-0.25, -0.2) is 14.8 Å². The Morgan fingerprint density at radius 3 is 2.72 bits per heavy atom. The van der Waals surface area contributed by atoms with Crippen LogP contribution in [0.15, 0.2) is 11.4 Å². The molecule has 1 aromatic rings. The quantitative estimate of drug-likeness (QED) is 0.498. The van der Waals surface area contributed by atoms with Crippen LogP contribution in [0.4, 0.5) is 5.82 Å². The minimum absolute atomic E-state index is 0.163. The molecule has 1 amide bonds. The average molecular weight is 269 g/mol. The Kier molecular flexibility index (Phi) is 5.57. The molecule has 0 radical (unpaired) electrons. The van der Waals surface area contributed by atoms with Gasteiger partial charge in [-0.05, 0) is 13.2 Å². The van der Waals surface area contributed by atoms with Crippen LogP contribution >= 0.6 is 11.8 Å². The summed E-state index contributed by atoms with van der Waals surface area (Å²) in [6, 6.07) is 0. The van der Waals surface area contributed by atoms with Gasteiger partial charge in [-0.2, -0.15) is 0 Å². The maximum Gasteiger partial charge on any atom is 0.343 e. The zero-order valence-electron chi connectivity index (χ0n) is 10.5. The summed E-state index contributed by atoms with van der Waals surface area (Å²) in [6.45, 7) is 3.68. The second-order valence-electron chi connectivity index (χ2n) is 3.24. The summed E-state index contributed by atoms with van der Waals surface area (Å²) >= 11 is 1.33. The van der Waals surface area contributed by atoms with Gasteiger partial charge in [0.1, 0.15) is 5.56 Å². The molecule has 0 saturated heterocycles. The van der Waals surface area contributed by atoms with E-state index in [0.717, 1.165) is 0 Å². The zero-order chi connectivity index (χ0) is 13.5. The van der Waals surface area contributed by atoms with E-state index >= 15 is 0 Å². The molecule has 0 aromatic carbocycles. The molecular weight excluding hydrogens is 254 g/mol. The molecule has 18 heavy (non-hydrogen) atoms. The lowest BCUT2D eigenvalue weighted by atomic mass is 10.3. The van der Waals surface area contributed by atoms with Crippen LogP contribution in [0.1, 0.15) is 30.6 Å². The van der Waals surface area contributed by atoms with Crippen molar-refractivity contribution in [2.75, 3.05) is 18.2 Å². The Morgan fingerprint density at radius 2 is 2.17 bits per heavy atom. The van der Waals surface area contributed by atoms with E-state index in [9.17, 15) is 9.59 Å². The summed E-state index contributed by atoms with van der Waals surface area (Å²) in [5, 5.41) is 3.05. The van der Waals surface area contributed by atoms with Gasteiger partial charge in [-0.15, -0.1) is 0 Å². The topological polar surface area (TPSA) is 81.2 Å². The second-order valence-corrected chi connectivity index (χ2v) is 4.01. The third-order valence-electron chi connectivity index (χ3n) is 2.02. The molecule has 98 valence electrons. The molecule has 7 heteroatoms. The Morgan fingerprint density at radius 1 is 1.44 bits per heavy atom. The van der Waals surface area contributed by atoms with Gasteiger partial charge in [0.15, 0.2) is 11.0 Å². The van der Waals surface area contributed by atoms with Gasteiger partial charge in [-0.1, -0.05) is 18.7 Å². The number of carbonyl (C=O) groups is 2. The summed E-state index contributed by atoms with van der Waals surface area (Å²) in [4.78, 5) is 31.2. The Bertz CT molecular complexity index is 451. The molecule has 0 unspecified atom stereocenters. The molecule has 1 heterocycles. The highest BCUT2D eigenvalue weighted by molar-refractivity contribution is 7.98. The smallest absolute Gasteiger partial charge is 0.343 e. The standard InChI is InChI=1S/C11H15N3O3S/c1-4-8(15)13-9-7(10(16)17-5-2)6-12-11(14-9)18-3/h6H,4-5H2,1-3H3,(H,12,13,14,15). The van der Waals surface area contributed by atoms with Crippen LogP contribution in [-0.4, -0.2) is 34.7 Å². The molecule has 0 saturated carbocycles. The highest BCUT2D eigenvalue weighted by Crippen LogP contribution is 2.17. The van der Waals surface area contributed by atoms with E-state index in [2.05, 4.69) is 15.3 Å². The average Bonchev–Trinajstić information content (AvgIpc) is 2.38. The van der Waals surface area contributed by atoms with Crippen LogP contribution < -0.4 is 5.32 Å². The van der Waals surface area contributed by atoms with Crippen molar-refractivity contribution in [1.29, 1.82) is 0 Å². The van der Waals surface area contributed by atoms with Crippen molar-refractivity contribution in [3.8, 4) is 0 Å². The summed E-state index contributed by atoms with van der Waals surface area (Å²) < 4.78 is 4.88. The Balaban J connectivity index is 3.07. The largest absolute Gasteiger partial charge is 0.462 e. The number of carbonyl (C=O) groups excluding carboxylic acids is 2. The van der Waals surface area contributed by atoms with E-state index in [-0.39, 0.29) is 23.9 Å². The second kappa shape index (κ2) is 6.95. The zero-order valence-corrected chi connectivity index (χ0v) is 11.3. The fourth-order valence-electron chi connectivity index (χ4n) is 1.14. The van der Waals surface area contributed by atoms with E-state index in [1.165, 1.54) is 18.0 Å². The number of thioether (sulfide) groups is 1. The van der Waals surface area contributed by atoms with Crippen LogP contribution in [-0.2, 0) is 9.53 Å². The molecule has 0 aliphatic rings. The Hall–Kier alpha value is -1.63. The van der Waals surface area contributed by atoms with Gasteiger partial charge in [0, 0.05) is 12.6 Å². The van der Waals surface area contributed by atoms with Crippen molar-refractivity contribution < 1.29 is 14.3 Å². The lowest BCUT2D eigenvalue weighted by molar-refractivity contribution is -0.115. The number of hydrogen-bond donors (Lipinski definition) is 1. The fourth-order valence-corrected chi connectivity index (χ4v) is 1.48. The number of amides is 1. The Labute approximate surface area is 110 Å². The number of nitrogens with zero attached hydrogens (tertiary/aromatic N) is 2. The first-order chi connectivity index (χ1) is 8.62. The number of esters is 1. The van der Waals surface area contributed by atoms with Crippen LogP contribution in [0.5, 0.6) is 0 Å². The first-order valence-electron chi connectivity index (χ1n) is 5.50. The van der Waals surface area contributed by atoms with Crippen molar-refractivity contribution in [2.45, 2.75) is 25.4 Å². The molecule has 0 fully saturated rings. The van der Waals surface area contributed by atoms with Crippen LogP contribution in [0.3, 0.4) is 0 Å². The molecule has 0 spiro atoms. The number of anilines is 1. The predicted molar refractivity (Wildman–Crippen MR) is 68.7 cm³/mol. The van der Waals surface area contributed by atoms with Crippen molar-refractivity contribution in [1.82, 2.24) is 9.97 Å². The fraction of sp³-hybridized carbons (Fsp3) is 0.455. The van der Waals surface area contributed by atoms with Crippen molar-refractivity contribution in [3.63, 3.8) is 0 Å². The monoisotopic (exact) mass is 269 g/mol. The van der Waals surface area contributed by atoms with E-state index < -0.39 is 5.97 Å². The summed E-state index contributed by atoms with van der Waals surface area (Å²) in [6.07, 6.45) is 3.48. The molecule has 0 atom stereocenters. The van der Waals surface area contributed by atoms with Crippen LogP contribution in [0.25, 0.3) is 0 Å². The molecule has 6 nitrogen and oxygen atoms in total. The van der Waals surface area contributed by atoms with Gasteiger partial charge in [0.25, 0.3) is 0 Å². The third kappa shape index (κ3) is 3.69. The lowest BCUT2D eigenvalue weighted by Crippen LogP contribution is -2.17. The molecule has 1 rings (SSSR count). The number of ether oxygens (including phenoxy) is 1. The number of rotatable bonds is 5. The van der Waals surface area contributed by atoms with Gasteiger partial charge in [0.05, 0.1) is 6.61 Å². The molecule has 1 N–H and O–H groups in total. The van der Waals surface area contributed by atoms with Gasteiger partial charge < -0.3 is 10.1 Å². The van der Waals surface area contributed by atoms with Gasteiger partial charge in [-0.3, -0.25) is 4.79 Å². The first-order valence-corrected chi connectivity index (χ1v) is 6.72. The maximum atomic E-state index is 11.7. The lowest BCUT2D eigenvalue weighted by Gasteiger charge is -2.09. The summed E-state index contributed by atoms with van der Waals surface area (Å²) in [7, 11) is 0. The van der Waals surface area contributed by atoms with E-state index in [1.54, 1.807) is 13.8 Å². The SMILES string of the molecule is CCOC(=O)c1cnc(SC)nc1NC(=O)CC. The maximum absolute atomic E-state index is 11.7. The molecule has 0 aliphatic carbocycles. The van der Waals surface area contributed by atoms with E-state index in [4.69, 9.17) is 4.74 Å². The van der Waals surface area contributed by atoms with Crippen molar-refractivity contribution in [2.24, 2.45) is 0 Å². The molecule has 0 aliphatic heterocycles. The highest BCUT2D eigenvalue weighted by atomic mass is 32.2.